The van der Waals surface area contributed by atoms with Crippen molar-refractivity contribution in [2.45, 2.75) is 6.42 Å². The third-order valence-corrected chi connectivity index (χ3v) is 2.78. The predicted molar refractivity (Wildman–Crippen MR) is 54.0 cm³/mol. The van der Waals surface area contributed by atoms with Crippen LogP contribution in [-0.4, -0.2) is 51.1 Å². The van der Waals surface area contributed by atoms with E-state index in [1.165, 1.54) is 12.0 Å². The number of methoxy groups -OCH3 is 1. The van der Waals surface area contributed by atoms with E-state index < -0.39 is 11.5 Å². The summed E-state index contributed by atoms with van der Waals surface area (Å²) < 4.78 is 10.0. The van der Waals surface area contributed by atoms with Gasteiger partial charge in [0.15, 0.2) is 0 Å². The van der Waals surface area contributed by atoms with Gasteiger partial charge in [0, 0.05) is 25.6 Å². The Bertz CT molecular complexity index is 318. The van der Waals surface area contributed by atoms with Crippen LogP contribution in [0.5, 0.6) is 0 Å². The minimum atomic E-state index is -1.19. The summed E-state index contributed by atoms with van der Waals surface area (Å²) in [5, 5.41) is 14.4. The molecule has 0 saturated carbocycles. The Morgan fingerprint density at radius 1 is 1.71 bits per heavy atom. The molecule has 96 valence electrons. The molecule has 1 heterocycles. The minimum Gasteiger partial charge on any atom is -0.530 e. The van der Waals surface area contributed by atoms with Crippen molar-refractivity contribution >= 4 is 6.09 Å². The van der Waals surface area contributed by atoms with Gasteiger partial charge in [-0.25, -0.2) is 0 Å². The van der Waals surface area contributed by atoms with E-state index in [9.17, 15) is 9.90 Å². The van der Waals surface area contributed by atoms with Gasteiger partial charge in [-0.3, -0.25) is 0 Å². The van der Waals surface area contributed by atoms with Crippen LogP contribution in [0.15, 0.2) is 5.11 Å². The maximum Gasteiger partial charge on any atom is 0.214 e. The van der Waals surface area contributed by atoms with E-state index in [0.29, 0.717) is 19.6 Å². The molecule has 1 aliphatic heterocycles. The maximum absolute atomic E-state index is 10.8. The van der Waals surface area contributed by atoms with Gasteiger partial charge >= 0.3 is 0 Å². The number of nitrogens with one attached hydrogen (secondary N) is 1. The number of ether oxygens (including phenoxy) is 2. The molecule has 8 nitrogen and oxygen atoms in total. The zero-order valence-corrected chi connectivity index (χ0v) is 9.72. The fourth-order valence-electron chi connectivity index (χ4n) is 1.91. The summed E-state index contributed by atoms with van der Waals surface area (Å²) in [5.41, 5.74) is 6.22. The van der Waals surface area contributed by atoms with Gasteiger partial charge in [0.05, 0.1) is 6.61 Å². The fraction of sp³-hybridized carbons (Fsp3) is 0.889. The molecule has 8 heteroatoms. The number of nitrogens with zero attached hydrogens (tertiary/aromatic N) is 3. The Kier molecular flexibility index (Phi) is 5.02. The van der Waals surface area contributed by atoms with Crippen molar-refractivity contribution in [1.29, 1.82) is 5.53 Å². The van der Waals surface area contributed by atoms with Crippen molar-refractivity contribution in [3.8, 4) is 0 Å². The fourth-order valence-corrected chi connectivity index (χ4v) is 1.91. The molecule has 0 aromatic rings. The molecule has 0 aromatic carbocycles. The highest BCUT2D eigenvalue weighted by Gasteiger charge is 2.40. The van der Waals surface area contributed by atoms with Crippen LogP contribution in [0.4, 0.5) is 4.79 Å². The SMILES string of the molecule is COCOCC1(CN=[N+]=N)CCN(C(=O)[O-])C1. The second-order valence-electron chi connectivity index (χ2n) is 4.09. The monoisotopic (exact) mass is 244 g/mol. The first-order chi connectivity index (χ1) is 8.13. The van der Waals surface area contributed by atoms with Crippen molar-refractivity contribution in [2.75, 3.05) is 40.1 Å². The molecule has 0 aliphatic carbocycles. The molecule has 17 heavy (non-hydrogen) atoms. The van der Waals surface area contributed by atoms with E-state index in [1.54, 1.807) is 0 Å². The zero-order chi connectivity index (χ0) is 12.7. The Morgan fingerprint density at radius 3 is 3.00 bits per heavy atom. The minimum absolute atomic E-state index is 0.144. The number of carbonyl (C=O) groups excluding carboxylic acids is 1. The summed E-state index contributed by atoms with van der Waals surface area (Å²) in [6.45, 7) is 1.42. The summed E-state index contributed by atoms with van der Waals surface area (Å²) in [6.07, 6.45) is -0.578. The van der Waals surface area contributed by atoms with Crippen molar-refractivity contribution in [3.05, 3.63) is 0 Å². The molecule has 0 bridgehead atoms. The van der Waals surface area contributed by atoms with Crippen LogP contribution in [0.2, 0.25) is 0 Å². The van der Waals surface area contributed by atoms with Crippen molar-refractivity contribution < 1.29 is 19.4 Å². The van der Waals surface area contributed by atoms with E-state index in [2.05, 4.69) is 10.0 Å². The zero-order valence-electron chi connectivity index (χ0n) is 9.72. The highest BCUT2D eigenvalue weighted by molar-refractivity contribution is 5.63. The third-order valence-electron chi connectivity index (χ3n) is 2.78. The van der Waals surface area contributed by atoms with Crippen LogP contribution in [0.25, 0.3) is 0 Å². The molecule has 1 rings (SSSR count). The third kappa shape index (κ3) is 3.77. The number of carboxylic acid groups (broad SMARTS) is 1. The molecular weight excluding hydrogens is 228 g/mol. The first-order valence-corrected chi connectivity index (χ1v) is 5.19. The summed E-state index contributed by atoms with van der Waals surface area (Å²) >= 11 is 0. The molecule has 1 fully saturated rings. The van der Waals surface area contributed by atoms with Gasteiger partial charge in [-0.1, -0.05) is 0 Å². The molecule has 1 atom stereocenters. The van der Waals surface area contributed by atoms with Gasteiger partial charge < -0.3 is 24.3 Å². The van der Waals surface area contributed by atoms with Crippen LogP contribution >= 0.6 is 0 Å². The highest BCUT2D eigenvalue weighted by atomic mass is 16.7. The largest absolute Gasteiger partial charge is 0.530 e. The van der Waals surface area contributed by atoms with Crippen molar-refractivity contribution in [1.82, 2.24) is 9.81 Å². The average Bonchev–Trinajstić information content (AvgIpc) is 2.72. The first-order valence-electron chi connectivity index (χ1n) is 5.19. The second kappa shape index (κ2) is 6.29. The lowest BCUT2D eigenvalue weighted by atomic mass is 9.88. The van der Waals surface area contributed by atoms with Gasteiger partial charge in [-0.05, 0) is 6.42 Å². The second-order valence-corrected chi connectivity index (χ2v) is 4.09. The average molecular weight is 244 g/mol. The van der Waals surface area contributed by atoms with Crippen LogP contribution in [0.3, 0.4) is 0 Å². The Labute approximate surface area is 98.7 Å². The van der Waals surface area contributed by atoms with Gasteiger partial charge in [0.25, 0.3) is 0 Å². The molecule has 0 aromatic heterocycles. The first kappa shape index (κ1) is 13.6. The van der Waals surface area contributed by atoms with E-state index in [-0.39, 0.29) is 19.9 Å². The summed E-state index contributed by atoms with van der Waals surface area (Å²) in [4.78, 5) is 14.9. The van der Waals surface area contributed by atoms with Crippen molar-refractivity contribution in [3.63, 3.8) is 0 Å². The maximum atomic E-state index is 10.8. The molecule has 0 spiro atoms. The Hall–Kier alpha value is -1.50. The van der Waals surface area contributed by atoms with Crippen LogP contribution in [0.1, 0.15) is 6.42 Å². The predicted octanol–water partition coefficient (Wildman–Crippen LogP) is -0.807. The van der Waals surface area contributed by atoms with Gasteiger partial charge in [0.2, 0.25) is 4.91 Å². The Balaban J connectivity index is 2.60. The van der Waals surface area contributed by atoms with Crippen LogP contribution in [-0.2, 0) is 9.47 Å². The molecule has 1 aliphatic rings. The smallest absolute Gasteiger partial charge is 0.214 e. The topological polar surface area (TPSA) is 112 Å². The Morgan fingerprint density at radius 2 is 2.47 bits per heavy atom. The highest BCUT2D eigenvalue weighted by Crippen LogP contribution is 2.31. The summed E-state index contributed by atoms with van der Waals surface area (Å²) in [7, 11) is 1.51. The lowest BCUT2D eigenvalue weighted by Crippen LogP contribution is -2.42. The van der Waals surface area contributed by atoms with Gasteiger partial charge in [-0.15, -0.1) is 0 Å². The van der Waals surface area contributed by atoms with Crippen molar-refractivity contribution in [2.24, 2.45) is 10.5 Å². The summed E-state index contributed by atoms with van der Waals surface area (Å²) in [6, 6.07) is 0. The van der Waals surface area contributed by atoms with Crippen LogP contribution in [0, 0.1) is 10.9 Å². The molecule has 1 saturated heterocycles. The van der Waals surface area contributed by atoms with E-state index in [4.69, 9.17) is 15.0 Å². The number of carbonyl (C=O) groups is 1. The quantitative estimate of drug-likeness (QED) is 0.285. The number of rotatable bonds is 6. The van der Waals surface area contributed by atoms with Gasteiger partial charge in [-0.2, -0.15) is 0 Å². The van der Waals surface area contributed by atoms with Crippen LogP contribution < -0.4 is 10.0 Å². The molecular formula is C9H16N4O4. The number of hydrogen-bond acceptors (Lipinski definition) is 6. The van der Waals surface area contributed by atoms with E-state index in [1.807, 2.05) is 0 Å². The lowest BCUT2D eigenvalue weighted by Gasteiger charge is -2.26. The number of likely N-dealkylation sites (tertiary alicyclic amines) is 1. The normalized spacial score (nSPS) is 23.5. The van der Waals surface area contributed by atoms with E-state index in [0.717, 1.165) is 0 Å². The number of hydrogen-bond donors (Lipinski definition) is 1. The molecule has 1 amide bonds. The number of amides is 1. The molecule has 0 radical (unpaired) electrons. The lowest BCUT2D eigenvalue weighted by molar-refractivity contribution is -0.264. The summed E-state index contributed by atoms with van der Waals surface area (Å²) in [5.74, 6) is 0. The van der Waals surface area contributed by atoms with Gasteiger partial charge in [0.1, 0.15) is 30.1 Å². The standard InChI is InChI=1S/C9H16N4O4/c1-16-7-17-6-9(4-11-12-10)2-3-13(5-9)8(14)15/h10H,2-7H2,1H3. The molecule has 1 unspecified atom stereocenters. The molecule has 1 N–H and O–H groups in total. The van der Waals surface area contributed by atoms with E-state index >= 15 is 0 Å².